The molecule has 0 aliphatic carbocycles. The molecule has 1 aromatic carbocycles. The predicted octanol–water partition coefficient (Wildman–Crippen LogP) is 3.69. The van der Waals surface area contributed by atoms with Crippen molar-refractivity contribution in [3.8, 4) is 6.07 Å². The first-order valence-corrected chi connectivity index (χ1v) is 6.15. The quantitative estimate of drug-likeness (QED) is 0.883. The second kappa shape index (κ2) is 5.25. The molecular weight excluding hydrogens is 316 g/mol. The monoisotopic (exact) mass is 322 g/mol. The molecule has 0 aliphatic heterocycles. The van der Waals surface area contributed by atoms with E-state index in [1.165, 1.54) is 6.20 Å². The molecule has 90 valence electrons. The van der Waals surface area contributed by atoms with Gasteiger partial charge in [-0.25, -0.2) is 4.98 Å². The molecular formula is C12H8BrClN4. The maximum absolute atomic E-state index is 8.89. The van der Waals surface area contributed by atoms with E-state index in [1.54, 1.807) is 18.2 Å². The third-order valence-electron chi connectivity index (χ3n) is 2.29. The van der Waals surface area contributed by atoms with Crippen molar-refractivity contribution >= 4 is 44.7 Å². The number of pyridine rings is 1. The first-order chi connectivity index (χ1) is 8.61. The first-order valence-electron chi connectivity index (χ1n) is 4.98. The number of hydrogen-bond donors (Lipinski definition) is 2. The molecule has 0 atom stereocenters. The van der Waals surface area contributed by atoms with Gasteiger partial charge in [0.2, 0.25) is 0 Å². The molecule has 1 heterocycles. The average molecular weight is 324 g/mol. The van der Waals surface area contributed by atoms with Crippen molar-refractivity contribution in [1.29, 1.82) is 5.26 Å². The van der Waals surface area contributed by atoms with E-state index in [0.717, 1.165) is 10.2 Å². The van der Waals surface area contributed by atoms with Gasteiger partial charge in [0.05, 0.1) is 16.9 Å². The van der Waals surface area contributed by atoms with Crippen LogP contribution in [0.5, 0.6) is 0 Å². The summed E-state index contributed by atoms with van der Waals surface area (Å²) in [5, 5.41) is 12.5. The van der Waals surface area contributed by atoms with Crippen molar-refractivity contribution in [1.82, 2.24) is 4.98 Å². The Bertz CT molecular complexity index is 636. The van der Waals surface area contributed by atoms with E-state index in [0.29, 0.717) is 22.1 Å². The lowest BCUT2D eigenvalue weighted by Crippen LogP contribution is -2.01. The van der Waals surface area contributed by atoms with Crippen LogP contribution in [0.2, 0.25) is 5.02 Å². The van der Waals surface area contributed by atoms with Gasteiger partial charge in [0, 0.05) is 15.7 Å². The molecule has 18 heavy (non-hydrogen) atoms. The van der Waals surface area contributed by atoms with Gasteiger partial charge >= 0.3 is 0 Å². The zero-order valence-electron chi connectivity index (χ0n) is 9.11. The summed E-state index contributed by atoms with van der Waals surface area (Å²) < 4.78 is 0.829. The Morgan fingerprint density at radius 3 is 2.89 bits per heavy atom. The molecule has 6 heteroatoms. The molecule has 0 fully saturated rings. The molecule has 0 saturated heterocycles. The lowest BCUT2D eigenvalue weighted by atomic mass is 10.2. The Labute approximate surface area is 118 Å². The minimum absolute atomic E-state index is 0.312. The van der Waals surface area contributed by atoms with E-state index in [-0.39, 0.29) is 0 Å². The Balaban J connectivity index is 2.41. The summed E-state index contributed by atoms with van der Waals surface area (Å²) in [7, 11) is 0. The van der Waals surface area contributed by atoms with E-state index in [9.17, 15) is 0 Å². The number of rotatable bonds is 2. The van der Waals surface area contributed by atoms with Gasteiger partial charge in [-0.3, -0.25) is 0 Å². The van der Waals surface area contributed by atoms with Crippen LogP contribution < -0.4 is 11.1 Å². The summed E-state index contributed by atoms with van der Waals surface area (Å²) in [5.41, 5.74) is 7.26. The summed E-state index contributed by atoms with van der Waals surface area (Å²) in [4.78, 5) is 4.10. The van der Waals surface area contributed by atoms with E-state index in [2.05, 4.69) is 26.2 Å². The number of nitrogens with zero attached hydrogens (tertiary/aromatic N) is 2. The smallest absolute Gasteiger partial charge is 0.154 e. The molecule has 0 bridgehead atoms. The van der Waals surface area contributed by atoms with Crippen LogP contribution in [-0.4, -0.2) is 4.98 Å². The molecule has 0 radical (unpaired) electrons. The fourth-order valence-corrected chi connectivity index (χ4v) is 1.91. The minimum Gasteiger partial charge on any atom is -0.395 e. The maximum atomic E-state index is 8.89. The minimum atomic E-state index is 0.312. The Hall–Kier alpha value is -1.77. The lowest BCUT2D eigenvalue weighted by Gasteiger charge is -2.10. The van der Waals surface area contributed by atoms with Crippen molar-refractivity contribution in [2.75, 3.05) is 11.1 Å². The largest absolute Gasteiger partial charge is 0.395 e. The molecule has 0 amide bonds. The highest BCUT2D eigenvalue weighted by Gasteiger charge is 2.08. The van der Waals surface area contributed by atoms with Crippen LogP contribution >= 0.6 is 27.5 Å². The summed E-state index contributed by atoms with van der Waals surface area (Å²) in [5.74, 6) is 0.428. The fraction of sp³-hybridized carbons (Fsp3) is 0. The molecule has 2 aromatic rings. The van der Waals surface area contributed by atoms with Crippen LogP contribution in [-0.2, 0) is 0 Å². The van der Waals surface area contributed by atoms with Gasteiger partial charge in [-0.1, -0.05) is 11.6 Å². The topological polar surface area (TPSA) is 74.7 Å². The van der Waals surface area contributed by atoms with Gasteiger partial charge in [-0.15, -0.1) is 0 Å². The van der Waals surface area contributed by atoms with Crippen molar-refractivity contribution < 1.29 is 0 Å². The number of aromatic nitrogens is 1. The van der Waals surface area contributed by atoms with Crippen LogP contribution in [0.25, 0.3) is 0 Å². The molecule has 0 aliphatic rings. The molecule has 0 unspecified atom stereocenters. The SMILES string of the molecule is N#Cc1ccnc(Nc2cc(Cl)ccc2Br)c1N. The Kier molecular flexibility index (Phi) is 3.70. The first kappa shape index (κ1) is 12.7. The van der Waals surface area contributed by atoms with Gasteiger partial charge in [0.25, 0.3) is 0 Å². The molecule has 2 rings (SSSR count). The standard InChI is InChI=1S/C12H8BrClN4/c13-9-2-1-8(14)5-10(9)18-12-11(16)7(6-15)3-4-17-12/h1-5H,16H2,(H,17,18). The van der Waals surface area contributed by atoms with Crippen LogP contribution in [0.4, 0.5) is 17.2 Å². The summed E-state index contributed by atoms with van der Waals surface area (Å²) in [6.45, 7) is 0. The van der Waals surface area contributed by atoms with E-state index >= 15 is 0 Å². The van der Waals surface area contributed by atoms with Crippen LogP contribution in [0.1, 0.15) is 5.56 Å². The van der Waals surface area contributed by atoms with Gasteiger partial charge in [0.1, 0.15) is 6.07 Å². The number of nitrogen functional groups attached to an aromatic ring is 1. The Morgan fingerprint density at radius 2 is 2.17 bits per heavy atom. The second-order valence-electron chi connectivity index (χ2n) is 3.48. The summed E-state index contributed by atoms with van der Waals surface area (Å²) in [6.07, 6.45) is 1.52. The zero-order valence-corrected chi connectivity index (χ0v) is 11.5. The third-order valence-corrected chi connectivity index (χ3v) is 3.22. The van der Waals surface area contributed by atoms with Crippen LogP contribution in [0, 0.1) is 11.3 Å². The highest BCUT2D eigenvalue weighted by atomic mass is 79.9. The molecule has 1 aromatic heterocycles. The highest BCUT2D eigenvalue weighted by Crippen LogP contribution is 2.30. The normalized spacial score (nSPS) is 9.83. The predicted molar refractivity (Wildman–Crippen MR) is 75.8 cm³/mol. The molecule has 3 N–H and O–H groups in total. The van der Waals surface area contributed by atoms with Gasteiger partial charge < -0.3 is 11.1 Å². The molecule has 0 spiro atoms. The van der Waals surface area contributed by atoms with E-state index < -0.39 is 0 Å². The summed E-state index contributed by atoms with van der Waals surface area (Å²) in [6, 6.07) is 8.89. The van der Waals surface area contributed by atoms with E-state index in [4.69, 9.17) is 22.6 Å². The van der Waals surface area contributed by atoms with Crippen molar-refractivity contribution in [3.63, 3.8) is 0 Å². The van der Waals surface area contributed by atoms with Crippen LogP contribution in [0.3, 0.4) is 0 Å². The number of hydrogen-bond acceptors (Lipinski definition) is 4. The van der Waals surface area contributed by atoms with E-state index in [1.807, 2.05) is 12.1 Å². The second-order valence-corrected chi connectivity index (χ2v) is 4.77. The van der Waals surface area contributed by atoms with Crippen molar-refractivity contribution in [3.05, 3.63) is 45.5 Å². The number of nitriles is 1. The lowest BCUT2D eigenvalue weighted by molar-refractivity contribution is 1.29. The molecule has 4 nitrogen and oxygen atoms in total. The Morgan fingerprint density at radius 1 is 1.39 bits per heavy atom. The number of benzene rings is 1. The average Bonchev–Trinajstić information content (AvgIpc) is 2.36. The van der Waals surface area contributed by atoms with Gasteiger partial charge in [-0.05, 0) is 40.2 Å². The third kappa shape index (κ3) is 2.55. The van der Waals surface area contributed by atoms with Gasteiger partial charge in [-0.2, -0.15) is 5.26 Å². The highest BCUT2D eigenvalue weighted by molar-refractivity contribution is 9.10. The number of halogens is 2. The van der Waals surface area contributed by atoms with Gasteiger partial charge in [0.15, 0.2) is 5.82 Å². The maximum Gasteiger partial charge on any atom is 0.154 e. The fourth-order valence-electron chi connectivity index (χ4n) is 1.39. The number of nitrogens with one attached hydrogen (secondary N) is 1. The molecule has 0 saturated carbocycles. The number of nitrogens with two attached hydrogens (primary N) is 1. The van der Waals surface area contributed by atoms with Crippen molar-refractivity contribution in [2.45, 2.75) is 0 Å². The summed E-state index contributed by atoms with van der Waals surface area (Å²) >= 11 is 9.31. The van der Waals surface area contributed by atoms with Crippen LogP contribution in [0.15, 0.2) is 34.9 Å². The number of anilines is 3. The zero-order chi connectivity index (χ0) is 13.1. The van der Waals surface area contributed by atoms with Crippen molar-refractivity contribution in [2.24, 2.45) is 0 Å².